The molecule has 0 spiro atoms. The molecule has 5 aliphatic rings. The van der Waals surface area contributed by atoms with Crippen LogP contribution in [0, 0.1) is 63.6 Å². The molecule has 4 saturated carbocycles. The highest BCUT2D eigenvalue weighted by molar-refractivity contribution is 5.40. The fourth-order valence-corrected chi connectivity index (χ4v) is 10.8. The van der Waals surface area contributed by atoms with E-state index in [0.29, 0.717) is 29.9 Å². The smallest absolute Gasteiger partial charge is 0.101 e. The molecule has 4 heteroatoms. The molecule has 5 rings (SSSR count). The number of aliphatic hydroxyl groups is 1. The first-order chi connectivity index (χ1) is 18.1. The largest absolute Gasteiger partial charge is 0.388 e. The van der Waals surface area contributed by atoms with Gasteiger partial charge in [-0.05, 0) is 123 Å². The molecular weight excluding hydrogens is 468 g/mol. The Kier molecular flexibility index (Phi) is 7.51. The van der Waals surface area contributed by atoms with Crippen LogP contribution in [0.3, 0.4) is 0 Å². The third-order valence-electron chi connectivity index (χ3n) is 12.2. The van der Waals surface area contributed by atoms with Gasteiger partial charge in [-0.15, -0.1) is 6.58 Å². The standard InChI is InChI=1S/C34H50N2O2/c1-7-34-17-15-28-27(29(34)12-11-25(18-34)21-38-6)14-16-32(4)30(13-8-23(2)31(28)32)33(5,37)22-36-20-26(19-35)10-9-24(36)3/h7,9-10,20,23,25,27-31,37H,1,3,8,11-18,21-22H2,2,4-6H3/t23-,25+,27?,28-,29-,30+,31?,32-,33-,34-/m1/s1. The van der Waals surface area contributed by atoms with Gasteiger partial charge in [0.05, 0.1) is 17.7 Å². The van der Waals surface area contributed by atoms with Crippen molar-refractivity contribution < 1.29 is 9.84 Å². The van der Waals surface area contributed by atoms with Crippen LogP contribution in [-0.4, -0.2) is 35.9 Å². The fraction of sp³-hybridized carbons (Fsp3) is 0.735. The summed E-state index contributed by atoms with van der Waals surface area (Å²) in [6.45, 7) is 17.0. The summed E-state index contributed by atoms with van der Waals surface area (Å²) >= 11 is 0. The Morgan fingerprint density at radius 3 is 2.66 bits per heavy atom. The summed E-state index contributed by atoms with van der Waals surface area (Å²) < 4.78 is 5.58. The average molecular weight is 519 g/mol. The molecule has 1 aliphatic heterocycles. The van der Waals surface area contributed by atoms with Gasteiger partial charge in [-0.25, -0.2) is 0 Å². The summed E-state index contributed by atoms with van der Waals surface area (Å²) in [5, 5.41) is 21.6. The second kappa shape index (κ2) is 10.3. The zero-order valence-corrected chi connectivity index (χ0v) is 24.3. The first-order valence-corrected chi connectivity index (χ1v) is 15.2. The number of β-amino-alcohol motifs (C(OH)–C–C–N with tert-alkyl or cyclic N) is 1. The van der Waals surface area contributed by atoms with Crippen molar-refractivity contribution in [2.45, 2.75) is 84.2 Å². The highest BCUT2D eigenvalue weighted by Gasteiger charge is 2.62. The maximum Gasteiger partial charge on any atom is 0.101 e. The van der Waals surface area contributed by atoms with E-state index in [0.717, 1.165) is 36.5 Å². The van der Waals surface area contributed by atoms with Gasteiger partial charge in [0, 0.05) is 25.6 Å². The van der Waals surface area contributed by atoms with E-state index in [4.69, 9.17) is 4.74 Å². The number of fused-ring (bicyclic) bond motifs is 5. The lowest BCUT2D eigenvalue weighted by Gasteiger charge is -2.65. The molecule has 0 bridgehead atoms. The Balaban J connectivity index is 1.39. The summed E-state index contributed by atoms with van der Waals surface area (Å²) in [5.41, 5.74) is 1.01. The first-order valence-electron chi connectivity index (χ1n) is 15.2. The molecule has 1 N–H and O–H groups in total. The highest BCUT2D eigenvalue weighted by Crippen LogP contribution is 2.68. The van der Waals surface area contributed by atoms with Crippen molar-refractivity contribution >= 4 is 0 Å². The van der Waals surface area contributed by atoms with Crippen LogP contribution in [0.25, 0.3) is 0 Å². The summed E-state index contributed by atoms with van der Waals surface area (Å²) in [6.07, 6.45) is 19.1. The molecule has 0 aromatic heterocycles. The third kappa shape index (κ3) is 4.52. The van der Waals surface area contributed by atoms with Gasteiger partial charge in [0.25, 0.3) is 0 Å². The van der Waals surface area contributed by atoms with Crippen molar-refractivity contribution in [2.24, 2.45) is 52.3 Å². The molecule has 0 saturated heterocycles. The summed E-state index contributed by atoms with van der Waals surface area (Å²) in [4.78, 5) is 2.00. The normalized spacial score (nSPS) is 44.1. The zero-order chi connectivity index (χ0) is 27.3. The maximum atomic E-state index is 12.2. The molecular formula is C34H50N2O2. The lowest BCUT2D eigenvalue weighted by atomic mass is 9.40. The third-order valence-corrected chi connectivity index (χ3v) is 12.2. The lowest BCUT2D eigenvalue weighted by Crippen LogP contribution is -2.61. The molecule has 0 amide bonds. The molecule has 0 radical (unpaired) electrons. The number of hydrogen-bond donors (Lipinski definition) is 1. The Bertz CT molecular complexity index is 1040. The van der Waals surface area contributed by atoms with E-state index in [1.165, 1.54) is 51.4 Å². The van der Waals surface area contributed by atoms with Gasteiger partial charge < -0.3 is 14.7 Å². The number of ether oxygens (including phenoxy) is 1. The van der Waals surface area contributed by atoms with E-state index in [-0.39, 0.29) is 16.7 Å². The molecule has 2 unspecified atom stereocenters. The lowest BCUT2D eigenvalue weighted by molar-refractivity contribution is -0.185. The van der Waals surface area contributed by atoms with Gasteiger partial charge in [0.2, 0.25) is 0 Å². The Hall–Kier alpha value is -1.83. The summed E-state index contributed by atoms with van der Waals surface area (Å²) in [7, 11) is 1.85. The van der Waals surface area contributed by atoms with Crippen LogP contribution in [0.2, 0.25) is 0 Å². The van der Waals surface area contributed by atoms with E-state index >= 15 is 0 Å². The first kappa shape index (κ1) is 27.7. The topological polar surface area (TPSA) is 56.5 Å². The molecule has 38 heavy (non-hydrogen) atoms. The molecule has 4 fully saturated rings. The van der Waals surface area contributed by atoms with Crippen LogP contribution in [-0.2, 0) is 4.74 Å². The SMILES string of the molecule is C=C[C@]12CC[C@@H]3C(CC[C@@]4(C)C3[C@H](C)CC[C@@H]4[C@](C)(O)CN3C=C(C#N)C=CC3=C)[C@H]1CC[C@H](COC)C2. The van der Waals surface area contributed by atoms with Gasteiger partial charge in [-0.2, -0.15) is 5.26 Å². The number of hydrogen-bond acceptors (Lipinski definition) is 4. The van der Waals surface area contributed by atoms with E-state index < -0.39 is 5.60 Å². The second-order valence-electron chi connectivity index (χ2n) is 14.2. The highest BCUT2D eigenvalue weighted by atomic mass is 16.5. The van der Waals surface area contributed by atoms with Crippen LogP contribution in [0.4, 0.5) is 0 Å². The van der Waals surface area contributed by atoms with Crippen molar-refractivity contribution in [3.63, 3.8) is 0 Å². The van der Waals surface area contributed by atoms with Gasteiger partial charge in [-0.3, -0.25) is 0 Å². The number of nitrogens with zero attached hydrogens (tertiary/aromatic N) is 2. The van der Waals surface area contributed by atoms with Crippen molar-refractivity contribution in [1.29, 1.82) is 5.26 Å². The summed E-state index contributed by atoms with van der Waals surface area (Å²) in [6, 6.07) is 2.25. The van der Waals surface area contributed by atoms with Crippen molar-refractivity contribution in [3.05, 3.63) is 48.9 Å². The van der Waals surface area contributed by atoms with E-state index in [2.05, 4.69) is 39.2 Å². The Labute approximate surface area is 231 Å². The number of methoxy groups -OCH3 is 1. The Morgan fingerprint density at radius 1 is 1.18 bits per heavy atom. The number of nitriles is 1. The van der Waals surface area contributed by atoms with Crippen LogP contribution in [0.5, 0.6) is 0 Å². The molecule has 0 aromatic rings. The molecule has 10 atom stereocenters. The monoisotopic (exact) mass is 518 g/mol. The van der Waals surface area contributed by atoms with E-state index in [1.807, 2.05) is 37.3 Å². The molecule has 4 nitrogen and oxygen atoms in total. The van der Waals surface area contributed by atoms with Gasteiger partial charge in [0.15, 0.2) is 0 Å². The van der Waals surface area contributed by atoms with Crippen LogP contribution < -0.4 is 0 Å². The van der Waals surface area contributed by atoms with Crippen molar-refractivity contribution in [1.82, 2.24) is 4.90 Å². The fourth-order valence-electron chi connectivity index (χ4n) is 10.8. The summed E-state index contributed by atoms with van der Waals surface area (Å²) in [5.74, 6) is 4.53. The van der Waals surface area contributed by atoms with E-state index in [1.54, 1.807) is 0 Å². The molecule has 208 valence electrons. The minimum atomic E-state index is -0.858. The van der Waals surface area contributed by atoms with E-state index in [9.17, 15) is 10.4 Å². The quantitative estimate of drug-likeness (QED) is 0.376. The number of rotatable bonds is 6. The van der Waals surface area contributed by atoms with Crippen LogP contribution in [0.1, 0.15) is 78.6 Å². The zero-order valence-electron chi connectivity index (χ0n) is 24.3. The van der Waals surface area contributed by atoms with Crippen molar-refractivity contribution in [3.8, 4) is 6.07 Å². The maximum absolute atomic E-state index is 12.2. The van der Waals surface area contributed by atoms with Gasteiger partial charge >= 0.3 is 0 Å². The molecule has 4 aliphatic carbocycles. The van der Waals surface area contributed by atoms with Gasteiger partial charge in [0.1, 0.15) is 6.07 Å². The Morgan fingerprint density at radius 2 is 1.95 bits per heavy atom. The molecule has 1 heterocycles. The minimum absolute atomic E-state index is 0.124. The number of allylic oxidation sites excluding steroid dienone is 4. The van der Waals surface area contributed by atoms with Gasteiger partial charge in [-0.1, -0.05) is 32.9 Å². The average Bonchev–Trinajstić information content (AvgIpc) is 2.89. The predicted octanol–water partition coefficient (Wildman–Crippen LogP) is 7.25. The molecule has 0 aromatic carbocycles. The van der Waals surface area contributed by atoms with Crippen molar-refractivity contribution in [2.75, 3.05) is 20.3 Å². The second-order valence-corrected chi connectivity index (χ2v) is 14.2. The van der Waals surface area contributed by atoms with Crippen LogP contribution >= 0.6 is 0 Å². The minimum Gasteiger partial charge on any atom is -0.388 e. The predicted molar refractivity (Wildman–Crippen MR) is 154 cm³/mol. The van der Waals surface area contributed by atoms with Crippen LogP contribution in [0.15, 0.2) is 48.9 Å².